The van der Waals surface area contributed by atoms with E-state index in [9.17, 15) is 9.59 Å². The van der Waals surface area contributed by atoms with Crippen LogP contribution in [0.5, 0.6) is 5.75 Å². The maximum absolute atomic E-state index is 12.9. The molecular weight excluding hydrogens is 444 g/mol. The van der Waals surface area contributed by atoms with Gasteiger partial charge in [-0.2, -0.15) is 0 Å². The van der Waals surface area contributed by atoms with Crippen LogP contribution in [0.2, 0.25) is 5.02 Å². The lowest BCUT2D eigenvalue weighted by molar-refractivity contribution is -0.142. The first-order valence-corrected chi connectivity index (χ1v) is 10.2. The summed E-state index contributed by atoms with van der Waals surface area (Å²) >= 11 is 9.30. The molecule has 0 aliphatic heterocycles. The van der Waals surface area contributed by atoms with Crippen LogP contribution in [-0.4, -0.2) is 35.4 Å². The SMILES string of the molecule is CC(C)NC(=O)[C@H](C)N(Cc1ccccc1)C(=O)COc1ccc(Cl)cc1Br. The smallest absolute Gasteiger partial charge is 0.261 e. The van der Waals surface area contributed by atoms with Crippen molar-refractivity contribution in [1.29, 1.82) is 0 Å². The number of halogens is 2. The number of hydrogen-bond acceptors (Lipinski definition) is 3. The molecule has 0 saturated heterocycles. The molecule has 1 N–H and O–H groups in total. The van der Waals surface area contributed by atoms with Gasteiger partial charge < -0.3 is 15.0 Å². The van der Waals surface area contributed by atoms with Crippen LogP contribution in [0.25, 0.3) is 0 Å². The first-order valence-electron chi connectivity index (χ1n) is 8.99. The molecule has 1 atom stereocenters. The summed E-state index contributed by atoms with van der Waals surface area (Å²) in [5.74, 6) is 0.0285. The maximum atomic E-state index is 12.9. The average molecular weight is 468 g/mol. The Morgan fingerprint density at radius 3 is 2.43 bits per heavy atom. The van der Waals surface area contributed by atoms with Gasteiger partial charge in [0.2, 0.25) is 5.91 Å². The molecule has 2 rings (SSSR count). The minimum Gasteiger partial charge on any atom is -0.483 e. The van der Waals surface area contributed by atoms with Crippen LogP contribution in [-0.2, 0) is 16.1 Å². The normalized spacial score (nSPS) is 11.8. The number of carbonyl (C=O) groups is 2. The summed E-state index contributed by atoms with van der Waals surface area (Å²) in [5, 5.41) is 3.42. The fourth-order valence-electron chi connectivity index (χ4n) is 2.58. The van der Waals surface area contributed by atoms with E-state index < -0.39 is 6.04 Å². The van der Waals surface area contributed by atoms with Crippen LogP contribution < -0.4 is 10.1 Å². The van der Waals surface area contributed by atoms with Gasteiger partial charge in [-0.1, -0.05) is 41.9 Å². The molecule has 2 amide bonds. The van der Waals surface area contributed by atoms with Crippen molar-refractivity contribution in [2.24, 2.45) is 0 Å². The lowest BCUT2D eigenvalue weighted by Crippen LogP contribution is -2.50. The average Bonchev–Trinajstić information content (AvgIpc) is 2.65. The third kappa shape index (κ3) is 6.53. The number of hydrogen-bond donors (Lipinski definition) is 1. The van der Waals surface area contributed by atoms with E-state index in [0.717, 1.165) is 5.56 Å². The van der Waals surface area contributed by atoms with Crippen LogP contribution in [0, 0.1) is 0 Å². The number of carbonyl (C=O) groups excluding carboxylic acids is 2. The standard InChI is InChI=1S/C21H24BrClN2O3/c1-14(2)24-21(27)15(3)25(12-16-7-5-4-6-8-16)20(26)13-28-19-10-9-17(23)11-18(19)22/h4-11,14-15H,12-13H2,1-3H3,(H,24,27)/t15-/m0/s1. The second kappa shape index (κ2) is 10.5. The van der Waals surface area contributed by atoms with Crippen LogP contribution in [0.15, 0.2) is 53.0 Å². The van der Waals surface area contributed by atoms with Crippen LogP contribution >= 0.6 is 27.5 Å². The van der Waals surface area contributed by atoms with Crippen molar-refractivity contribution in [1.82, 2.24) is 10.2 Å². The molecule has 0 unspecified atom stereocenters. The highest BCUT2D eigenvalue weighted by molar-refractivity contribution is 9.10. The van der Waals surface area contributed by atoms with Gasteiger partial charge in [0.05, 0.1) is 4.47 Å². The molecule has 0 heterocycles. The first-order chi connectivity index (χ1) is 13.3. The van der Waals surface area contributed by atoms with Crippen LogP contribution in [0.4, 0.5) is 0 Å². The summed E-state index contributed by atoms with van der Waals surface area (Å²) in [7, 11) is 0. The molecule has 0 radical (unpaired) electrons. The van der Waals surface area contributed by atoms with Gasteiger partial charge in [-0.15, -0.1) is 0 Å². The molecule has 0 fully saturated rings. The van der Waals surface area contributed by atoms with Crippen molar-refractivity contribution < 1.29 is 14.3 Å². The van der Waals surface area contributed by atoms with Crippen LogP contribution in [0.1, 0.15) is 26.3 Å². The molecule has 28 heavy (non-hydrogen) atoms. The lowest BCUT2D eigenvalue weighted by Gasteiger charge is -2.29. The largest absolute Gasteiger partial charge is 0.483 e. The summed E-state index contributed by atoms with van der Waals surface area (Å²) in [5.41, 5.74) is 0.938. The number of nitrogens with one attached hydrogen (secondary N) is 1. The molecule has 0 spiro atoms. The van der Waals surface area contributed by atoms with Crippen LogP contribution in [0.3, 0.4) is 0 Å². The zero-order chi connectivity index (χ0) is 20.7. The molecule has 5 nitrogen and oxygen atoms in total. The summed E-state index contributed by atoms with van der Waals surface area (Å²) in [6, 6.07) is 14.0. The molecule has 150 valence electrons. The fourth-order valence-corrected chi connectivity index (χ4v) is 3.38. The van der Waals surface area contributed by atoms with Gasteiger partial charge in [0.15, 0.2) is 6.61 Å². The van der Waals surface area contributed by atoms with Crippen molar-refractivity contribution in [3.05, 3.63) is 63.6 Å². The fraction of sp³-hybridized carbons (Fsp3) is 0.333. The van der Waals surface area contributed by atoms with Crippen molar-refractivity contribution in [3.63, 3.8) is 0 Å². The van der Waals surface area contributed by atoms with E-state index in [1.807, 2.05) is 44.2 Å². The van der Waals surface area contributed by atoms with E-state index >= 15 is 0 Å². The van der Waals surface area contributed by atoms with E-state index in [0.29, 0.717) is 21.8 Å². The van der Waals surface area contributed by atoms with E-state index in [2.05, 4.69) is 21.2 Å². The highest BCUT2D eigenvalue weighted by Crippen LogP contribution is 2.28. The van der Waals surface area contributed by atoms with Crippen molar-refractivity contribution in [2.45, 2.75) is 39.4 Å². The van der Waals surface area contributed by atoms with Gasteiger partial charge in [0.1, 0.15) is 11.8 Å². The zero-order valence-corrected chi connectivity index (χ0v) is 18.5. The molecule has 7 heteroatoms. The van der Waals surface area contributed by atoms with Gasteiger partial charge in [0, 0.05) is 17.6 Å². The van der Waals surface area contributed by atoms with Crippen molar-refractivity contribution in [3.8, 4) is 5.75 Å². The lowest BCUT2D eigenvalue weighted by atomic mass is 10.1. The topological polar surface area (TPSA) is 58.6 Å². The van der Waals surface area contributed by atoms with E-state index in [4.69, 9.17) is 16.3 Å². The summed E-state index contributed by atoms with van der Waals surface area (Å²) in [6.45, 7) is 5.62. The maximum Gasteiger partial charge on any atom is 0.261 e. The van der Waals surface area contributed by atoms with Gasteiger partial charge in [0.25, 0.3) is 5.91 Å². The highest BCUT2D eigenvalue weighted by atomic mass is 79.9. The predicted molar refractivity (Wildman–Crippen MR) is 114 cm³/mol. The Kier molecular flexibility index (Phi) is 8.33. The van der Waals surface area contributed by atoms with Crippen molar-refractivity contribution in [2.75, 3.05) is 6.61 Å². The van der Waals surface area contributed by atoms with Gasteiger partial charge in [-0.3, -0.25) is 9.59 Å². The summed E-state index contributed by atoms with van der Waals surface area (Å²) in [6.07, 6.45) is 0. The first kappa shape index (κ1) is 22.2. The Labute approximate surface area is 179 Å². The Hall–Kier alpha value is -2.05. The molecule has 2 aromatic carbocycles. The van der Waals surface area contributed by atoms with Crippen molar-refractivity contribution >= 4 is 39.3 Å². The second-order valence-corrected chi connectivity index (χ2v) is 8.00. The zero-order valence-electron chi connectivity index (χ0n) is 16.1. The number of nitrogens with zero attached hydrogens (tertiary/aromatic N) is 1. The van der Waals surface area contributed by atoms with E-state index in [1.54, 1.807) is 25.1 Å². The third-order valence-corrected chi connectivity index (χ3v) is 4.89. The Bertz CT molecular complexity index is 815. The summed E-state index contributed by atoms with van der Waals surface area (Å²) < 4.78 is 6.32. The van der Waals surface area contributed by atoms with Gasteiger partial charge >= 0.3 is 0 Å². The van der Waals surface area contributed by atoms with Gasteiger partial charge in [-0.25, -0.2) is 0 Å². The summed E-state index contributed by atoms with van der Waals surface area (Å²) in [4.78, 5) is 26.9. The van der Waals surface area contributed by atoms with Gasteiger partial charge in [-0.05, 0) is 60.5 Å². The molecule has 0 bridgehead atoms. The monoisotopic (exact) mass is 466 g/mol. The quantitative estimate of drug-likeness (QED) is 0.625. The number of rotatable bonds is 8. The number of benzene rings is 2. The second-order valence-electron chi connectivity index (χ2n) is 6.71. The highest BCUT2D eigenvalue weighted by Gasteiger charge is 2.27. The Morgan fingerprint density at radius 1 is 1.14 bits per heavy atom. The molecular formula is C21H24BrClN2O3. The Balaban J connectivity index is 2.14. The molecule has 0 aliphatic rings. The number of ether oxygens (including phenoxy) is 1. The Morgan fingerprint density at radius 2 is 1.82 bits per heavy atom. The molecule has 0 aromatic heterocycles. The number of amides is 2. The minimum atomic E-state index is -0.632. The molecule has 0 aliphatic carbocycles. The molecule has 0 saturated carbocycles. The minimum absolute atomic E-state index is 0.00935. The predicted octanol–water partition coefficient (Wildman–Crippen LogP) is 4.42. The van der Waals surface area contributed by atoms with E-state index in [1.165, 1.54) is 4.90 Å². The van der Waals surface area contributed by atoms with E-state index in [-0.39, 0.29) is 24.5 Å². The molecule has 2 aromatic rings. The third-order valence-electron chi connectivity index (χ3n) is 4.04.